The Balaban J connectivity index is 1.87. The first-order chi connectivity index (χ1) is 21.5. The number of methoxy groups -OCH3 is 1. The van der Waals surface area contributed by atoms with Crippen molar-refractivity contribution in [3.8, 4) is 22.3 Å². The Morgan fingerprint density at radius 1 is 0.867 bits per heavy atom. The molecule has 0 unspecified atom stereocenters. The quantitative estimate of drug-likeness (QED) is 0.133. The summed E-state index contributed by atoms with van der Waals surface area (Å²) < 4.78 is 20.7. The molecule has 0 aliphatic rings. The summed E-state index contributed by atoms with van der Waals surface area (Å²) in [7, 11) is 1.29. The Kier molecular flexibility index (Phi) is 10.9. The number of ether oxygens (including phenoxy) is 1. The van der Waals surface area contributed by atoms with E-state index in [2.05, 4.69) is 5.32 Å². The third-order valence-corrected chi connectivity index (χ3v) is 7.47. The SMILES string of the molecule is COC(=O)c1ccc(NC(=O)c2c(-c3ccccc3)c(-c3ccc(F)cc3)c(CC[C@@H](O)C[C@@H](O)CC(=O)O)n2C(C)C)cc1. The lowest BCUT2D eigenvalue weighted by molar-refractivity contribution is -0.139. The number of halogens is 1. The van der Waals surface area contributed by atoms with Crippen molar-refractivity contribution in [1.82, 2.24) is 4.57 Å². The number of aliphatic hydroxyl groups is 2. The molecule has 9 nitrogen and oxygen atoms in total. The van der Waals surface area contributed by atoms with Gasteiger partial charge < -0.3 is 29.9 Å². The number of aromatic nitrogens is 1. The van der Waals surface area contributed by atoms with Gasteiger partial charge in [0.2, 0.25) is 0 Å². The van der Waals surface area contributed by atoms with Crippen LogP contribution >= 0.6 is 0 Å². The van der Waals surface area contributed by atoms with E-state index in [0.717, 1.165) is 5.56 Å². The molecule has 3 aromatic carbocycles. The molecule has 0 bridgehead atoms. The minimum absolute atomic E-state index is 0.124. The number of nitrogens with zero attached hydrogens (tertiary/aromatic N) is 1. The zero-order valence-electron chi connectivity index (χ0n) is 25.4. The van der Waals surface area contributed by atoms with Crippen LogP contribution in [-0.4, -0.2) is 57.1 Å². The van der Waals surface area contributed by atoms with Crippen LogP contribution in [0.4, 0.5) is 10.1 Å². The van der Waals surface area contributed by atoms with Gasteiger partial charge in [0.15, 0.2) is 0 Å². The predicted octanol–water partition coefficient (Wildman–Crippen LogP) is 6.10. The first-order valence-electron chi connectivity index (χ1n) is 14.7. The van der Waals surface area contributed by atoms with Gasteiger partial charge in [-0.3, -0.25) is 9.59 Å². The number of carboxylic acid groups (broad SMARTS) is 1. The number of nitrogens with one attached hydrogen (secondary N) is 1. The van der Waals surface area contributed by atoms with Gasteiger partial charge in [0.05, 0.1) is 31.3 Å². The maximum atomic E-state index is 14.2. The van der Waals surface area contributed by atoms with Crippen molar-refractivity contribution in [1.29, 1.82) is 0 Å². The van der Waals surface area contributed by atoms with Gasteiger partial charge in [-0.25, -0.2) is 9.18 Å². The predicted molar refractivity (Wildman–Crippen MR) is 169 cm³/mol. The summed E-state index contributed by atoms with van der Waals surface area (Å²) in [5.74, 6) is -2.49. The van der Waals surface area contributed by atoms with Crippen LogP contribution in [0.1, 0.15) is 65.7 Å². The Labute approximate surface area is 260 Å². The number of benzene rings is 3. The second-order valence-corrected chi connectivity index (χ2v) is 11.1. The first kappa shape index (κ1) is 33.1. The Bertz CT molecular complexity index is 1630. The summed E-state index contributed by atoms with van der Waals surface area (Å²) in [6.45, 7) is 3.86. The second-order valence-electron chi connectivity index (χ2n) is 11.1. The Hall–Kier alpha value is -4.80. The largest absolute Gasteiger partial charge is 0.481 e. The van der Waals surface area contributed by atoms with E-state index in [1.807, 2.05) is 48.7 Å². The second kappa shape index (κ2) is 14.8. The molecule has 45 heavy (non-hydrogen) atoms. The molecule has 4 rings (SSSR count). The van der Waals surface area contributed by atoms with E-state index in [0.29, 0.717) is 39.3 Å². The fourth-order valence-electron chi connectivity index (χ4n) is 5.51. The van der Waals surface area contributed by atoms with Gasteiger partial charge in [-0.15, -0.1) is 0 Å². The normalized spacial score (nSPS) is 12.5. The van der Waals surface area contributed by atoms with Gasteiger partial charge in [0, 0.05) is 28.6 Å². The molecule has 4 aromatic rings. The number of esters is 1. The third-order valence-electron chi connectivity index (χ3n) is 7.47. The minimum Gasteiger partial charge on any atom is -0.481 e. The van der Waals surface area contributed by atoms with Crippen molar-refractivity contribution in [3.63, 3.8) is 0 Å². The summed E-state index contributed by atoms with van der Waals surface area (Å²) >= 11 is 0. The molecule has 1 heterocycles. The van der Waals surface area contributed by atoms with Crippen LogP contribution in [-0.2, 0) is 16.0 Å². The smallest absolute Gasteiger partial charge is 0.337 e. The van der Waals surface area contributed by atoms with Crippen LogP contribution in [0, 0.1) is 5.82 Å². The molecule has 1 amide bonds. The highest BCUT2D eigenvalue weighted by molar-refractivity contribution is 6.11. The van der Waals surface area contributed by atoms with E-state index < -0.39 is 42.3 Å². The lowest BCUT2D eigenvalue weighted by Crippen LogP contribution is -2.22. The number of rotatable bonds is 13. The fraction of sp³-hybridized carbons (Fsp3) is 0.286. The van der Waals surface area contributed by atoms with E-state index in [1.165, 1.54) is 19.2 Å². The first-order valence-corrected chi connectivity index (χ1v) is 14.7. The monoisotopic (exact) mass is 616 g/mol. The molecule has 0 aliphatic heterocycles. The van der Waals surface area contributed by atoms with Gasteiger partial charge in [0.1, 0.15) is 11.5 Å². The van der Waals surface area contributed by atoms with Crippen LogP contribution < -0.4 is 5.32 Å². The zero-order chi connectivity index (χ0) is 32.7. The lowest BCUT2D eigenvalue weighted by Gasteiger charge is -2.20. The summed E-state index contributed by atoms with van der Waals surface area (Å²) in [5.41, 5.74) is 4.59. The number of aliphatic carboxylic acids is 1. The third kappa shape index (κ3) is 8.03. The molecule has 4 N–H and O–H groups in total. The molecule has 0 spiro atoms. The molecule has 2 atom stereocenters. The molecule has 1 aromatic heterocycles. The van der Waals surface area contributed by atoms with Gasteiger partial charge >= 0.3 is 11.9 Å². The standard InChI is InChI=1S/C35H37FN2O7/c1-21(2)38-29(18-17-27(39)19-28(40)20-30(41)42)31(23-9-13-25(36)14-10-23)32(22-7-5-4-6-8-22)33(38)34(43)37-26-15-11-24(12-16-26)35(44)45-3/h4-16,21,27-28,39-40H,17-20H2,1-3H3,(H,37,43)(H,41,42)/t27-,28-/m1/s1. The van der Waals surface area contributed by atoms with Crippen molar-refractivity contribution in [2.75, 3.05) is 12.4 Å². The number of hydrogen-bond acceptors (Lipinski definition) is 6. The van der Waals surface area contributed by atoms with Gasteiger partial charge in [0.25, 0.3) is 5.91 Å². The lowest BCUT2D eigenvalue weighted by atomic mass is 9.92. The van der Waals surface area contributed by atoms with Crippen molar-refractivity contribution in [2.45, 2.75) is 57.8 Å². The summed E-state index contributed by atoms with van der Waals surface area (Å²) in [4.78, 5) is 37.1. The van der Waals surface area contributed by atoms with Crippen LogP contribution in [0.5, 0.6) is 0 Å². The highest BCUT2D eigenvalue weighted by Gasteiger charge is 2.30. The molecule has 236 valence electrons. The van der Waals surface area contributed by atoms with E-state index in [4.69, 9.17) is 9.84 Å². The van der Waals surface area contributed by atoms with Crippen LogP contribution in [0.3, 0.4) is 0 Å². The van der Waals surface area contributed by atoms with Crippen molar-refractivity contribution in [2.24, 2.45) is 0 Å². The van der Waals surface area contributed by atoms with Gasteiger partial charge in [-0.1, -0.05) is 42.5 Å². The fourth-order valence-corrected chi connectivity index (χ4v) is 5.51. The maximum absolute atomic E-state index is 14.2. The Morgan fingerprint density at radius 2 is 1.49 bits per heavy atom. The van der Waals surface area contributed by atoms with Gasteiger partial charge in [-0.05, 0) is 80.6 Å². The molecule has 0 radical (unpaired) electrons. The molecule has 0 aliphatic carbocycles. The van der Waals surface area contributed by atoms with E-state index in [1.54, 1.807) is 36.4 Å². The van der Waals surface area contributed by atoms with Crippen molar-refractivity contribution >= 4 is 23.5 Å². The number of carbonyl (C=O) groups is 3. The number of hydrogen-bond donors (Lipinski definition) is 4. The average molecular weight is 617 g/mol. The topological polar surface area (TPSA) is 138 Å². The number of aliphatic hydroxyl groups excluding tert-OH is 2. The maximum Gasteiger partial charge on any atom is 0.337 e. The number of amides is 1. The van der Waals surface area contributed by atoms with E-state index >= 15 is 0 Å². The summed E-state index contributed by atoms with van der Waals surface area (Å²) in [6.07, 6.45) is -2.39. The van der Waals surface area contributed by atoms with E-state index in [-0.39, 0.29) is 25.3 Å². The number of carbonyl (C=O) groups excluding carboxylic acids is 2. The molecule has 10 heteroatoms. The van der Waals surface area contributed by atoms with Crippen molar-refractivity contribution < 1.29 is 38.8 Å². The van der Waals surface area contributed by atoms with Crippen LogP contribution in [0.2, 0.25) is 0 Å². The molecule has 0 saturated heterocycles. The van der Waals surface area contributed by atoms with Gasteiger partial charge in [-0.2, -0.15) is 0 Å². The highest BCUT2D eigenvalue weighted by atomic mass is 19.1. The summed E-state index contributed by atoms with van der Waals surface area (Å²) in [6, 6.07) is 21.4. The van der Waals surface area contributed by atoms with E-state index in [9.17, 15) is 29.0 Å². The molecular formula is C35H37FN2O7. The Morgan fingerprint density at radius 3 is 2.07 bits per heavy atom. The summed E-state index contributed by atoms with van der Waals surface area (Å²) in [5, 5.41) is 32.8. The minimum atomic E-state index is -1.21. The van der Waals surface area contributed by atoms with Crippen LogP contribution in [0.15, 0.2) is 78.9 Å². The molecule has 0 fully saturated rings. The number of anilines is 1. The highest BCUT2D eigenvalue weighted by Crippen LogP contribution is 2.43. The zero-order valence-corrected chi connectivity index (χ0v) is 25.4. The molecular weight excluding hydrogens is 579 g/mol. The van der Waals surface area contributed by atoms with Crippen LogP contribution in [0.25, 0.3) is 22.3 Å². The molecule has 0 saturated carbocycles. The average Bonchev–Trinajstić information content (AvgIpc) is 3.36. The van der Waals surface area contributed by atoms with Crippen molar-refractivity contribution in [3.05, 3.63) is 102 Å². The number of carboxylic acids is 1.